The van der Waals surface area contributed by atoms with Gasteiger partial charge < -0.3 is 0 Å². The number of Topliss-reactive ketones (excluding diaryl/α,β-unsaturated/α-hetero) is 1. The summed E-state index contributed by atoms with van der Waals surface area (Å²) in [5.41, 5.74) is 1.86. The fraction of sp³-hybridized carbons (Fsp3) is 0.278. The van der Waals surface area contributed by atoms with E-state index in [9.17, 15) is 18.0 Å². The average molecular weight is 304 g/mol. The minimum atomic E-state index is -4.36. The lowest BCUT2D eigenvalue weighted by molar-refractivity contribution is -0.137. The Morgan fingerprint density at radius 2 is 1.68 bits per heavy atom. The molecule has 0 heterocycles. The number of benzene rings is 2. The monoisotopic (exact) mass is 304 g/mol. The number of hydrogen-bond acceptors (Lipinski definition) is 1. The SMILES string of the molecule is CC1(C)CC(=O)c2ccc(-c3cccc(C(F)(F)F)c3)cc21. The second-order valence-corrected chi connectivity index (χ2v) is 6.32. The van der Waals surface area contributed by atoms with E-state index in [1.165, 1.54) is 6.07 Å². The van der Waals surface area contributed by atoms with Gasteiger partial charge in [0.2, 0.25) is 0 Å². The highest BCUT2D eigenvalue weighted by Crippen LogP contribution is 2.40. The molecule has 1 aliphatic rings. The third-order valence-corrected chi connectivity index (χ3v) is 4.17. The summed E-state index contributed by atoms with van der Waals surface area (Å²) in [5.74, 6) is 0.0931. The molecule has 0 atom stereocenters. The summed E-state index contributed by atoms with van der Waals surface area (Å²) in [7, 11) is 0. The Kier molecular flexibility index (Phi) is 3.17. The van der Waals surface area contributed by atoms with Crippen LogP contribution in [-0.2, 0) is 11.6 Å². The minimum absolute atomic E-state index is 0.0931. The molecule has 1 aliphatic carbocycles. The molecule has 0 N–H and O–H groups in total. The van der Waals surface area contributed by atoms with Crippen molar-refractivity contribution in [3.63, 3.8) is 0 Å². The van der Waals surface area contributed by atoms with E-state index in [4.69, 9.17) is 0 Å². The van der Waals surface area contributed by atoms with E-state index in [1.54, 1.807) is 18.2 Å². The van der Waals surface area contributed by atoms with E-state index in [1.807, 2.05) is 19.9 Å². The summed E-state index contributed by atoms with van der Waals surface area (Å²) < 4.78 is 38.5. The van der Waals surface area contributed by atoms with Gasteiger partial charge in [-0.25, -0.2) is 0 Å². The van der Waals surface area contributed by atoms with Crippen LogP contribution in [0.5, 0.6) is 0 Å². The van der Waals surface area contributed by atoms with Gasteiger partial charge in [-0.3, -0.25) is 4.79 Å². The van der Waals surface area contributed by atoms with Crippen molar-refractivity contribution in [3.8, 4) is 11.1 Å². The van der Waals surface area contributed by atoms with Crippen molar-refractivity contribution in [3.05, 3.63) is 59.2 Å². The number of halogens is 3. The molecule has 2 aromatic carbocycles. The van der Waals surface area contributed by atoms with Crippen LogP contribution in [0.2, 0.25) is 0 Å². The maximum Gasteiger partial charge on any atom is 0.416 e. The number of rotatable bonds is 1. The molecule has 0 unspecified atom stereocenters. The second kappa shape index (κ2) is 4.70. The van der Waals surface area contributed by atoms with Gasteiger partial charge in [0.05, 0.1) is 5.56 Å². The zero-order valence-electron chi connectivity index (χ0n) is 12.3. The Labute approximate surface area is 126 Å². The lowest BCUT2D eigenvalue weighted by Crippen LogP contribution is -2.12. The quantitative estimate of drug-likeness (QED) is 0.704. The Hall–Kier alpha value is -2.10. The van der Waals surface area contributed by atoms with Crippen molar-refractivity contribution >= 4 is 5.78 Å². The highest BCUT2D eigenvalue weighted by atomic mass is 19.4. The number of carbonyl (C=O) groups is 1. The van der Waals surface area contributed by atoms with Gasteiger partial charge >= 0.3 is 6.18 Å². The summed E-state index contributed by atoms with van der Waals surface area (Å²) in [6.07, 6.45) is -3.92. The molecular formula is C18H15F3O. The molecular weight excluding hydrogens is 289 g/mol. The van der Waals surface area contributed by atoms with Crippen molar-refractivity contribution in [2.45, 2.75) is 31.9 Å². The predicted molar refractivity (Wildman–Crippen MR) is 78.9 cm³/mol. The van der Waals surface area contributed by atoms with Crippen LogP contribution in [0.1, 0.15) is 41.8 Å². The van der Waals surface area contributed by atoms with E-state index in [0.717, 1.165) is 17.7 Å². The number of fused-ring (bicyclic) bond motifs is 1. The summed E-state index contributed by atoms with van der Waals surface area (Å²) in [5, 5.41) is 0. The van der Waals surface area contributed by atoms with E-state index in [-0.39, 0.29) is 11.2 Å². The molecule has 0 spiro atoms. The normalized spacial score (nSPS) is 16.7. The van der Waals surface area contributed by atoms with Crippen LogP contribution >= 0.6 is 0 Å². The number of ketones is 1. The summed E-state index contributed by atoms with van der Waals surface area (Å²) >= 11 is 0. The first kappa shape index (κ1) is 14.8. The third-order valence-electron chi connectivity index (χ3n) is 4.17. The van der Waals surface area contributed by atoms with Gasteiger partial charge in [0.15, 0.2) is 5.78 Å². The average Bonchev–Trinajstić information content (AvgIpc) is 2.68. The van der Waals surface area contributed by atoms with Crippen molar-refractivity contribution in [1.29, 1.82) is 0 Å². The van der Waals surface area contributed by atoms with Crippen molar-refractivity contribution in [2.24, 2.45) is 0 Å². The molecule has 0 aromatic heterocycles. The summed E-state index contributed by atoms with van der Waals surface area (Å²) in [6, 6.07) is 10.5. The van der Waals surface area contributed by atoms with Gasteiger partial charge in [-0.2, -0.15) is 13.2 Å². The zero-order chi connectivity index (χ0) is 16.1. The van der Waals surface area contributed by atoms with Crippen molar-refractivity contribution in [1.82, 2.24) is 0 Å². The molecule has 4 heteroatoms. The fourth-order valence-corrected chi connectivity index (χ4v) is 2.99. The molecule has 0 amide bonds. The molecule has 0 bridgehead atoms. The fourth-order valence-electron chi connectivity index (χ4n) is 2.99. The molecule has 22 heavy (non-hydrogen) atoms. The van der Waals surface area contributed by atoms with Crippen LogP contribution in [-0.4, -0.2) is 5.78 Å². The lowest BCUT2D eigenvalue weighted by atomic mass is 9.85. The number of carbonyl (C=O) groups excluding carboxylic acids is 1. The van der Waals surface area contributed by atoms with Crippen LogP contribution in [0.15, 0.2) is 42.5 Å². The molecule has 0 saturated carbocycles. The van der Waals surface area contributed by atoms with E-state index >= 15 is 0 Å². The Balaban J connectivity index is 2.10. The maximum atomic E-state index is 12.8. The number of hydrogen-bond donors (Lipinski definition) is 0. The first-order valence-electron chi connectivity index (χ1n) is 7.04. The van der Waals surface area contributed by atoms with Crippen LogP contribution in [0.3, 0.4) is 0 Å². The highest BCUT2D eigenvalue weighted by Gasteiger charge is 2.36. The van der Waals surface area contributed by atoms with Gasteiger partial charge in [-0.1, -0.05) is 38.1 Å². The molecule has 0 fully saturated rings. The molecule has 0 radical (unpaired) electrons. The van der Waals surface area contributed by atoms with Crippen LogP contribution in [0, 0.1) is 0 Å². The Bertz CT molecular complexity index is 757. The Morgan fingerprint density at radius 3 is 2.36 bits per heavy atom. The van der Waals surface area contributed by atoms with Crippen LogP contribution in [0.25, 0.3) is 11.1 Å². The topological polar surface area (TPSA) is 17.1 Å². The first-order valence-corrected chi connectivity index (χ1v) is 7.04. The molecule has 0 saturated heterocycles. The van der Waals surface area contributed by atoms with Gasteiger partial charge in [-0.15, -0.1) is 0 Å². The van der Waals surface area contributed by atoms with Crippen molar-refractivity contribution in [2.75, 3.05) is 0 Å². The Morgan fingerprint density at radius 1 is 1.00 bits per heavy atom. The molecule has 114 valence electrons. The van der Waals surface area contributed by atoms with Crippen LogP contribution < -0.4 is 0 Å². The standard InChI is InChI=1S/C18H15F3O/c1-17(2)10-16(22)14-7-6-12(9-15(14)17)11-4-3-5-13(8-11)18(19,20)21/h3-9H,10H2,1-2H3. The summed E-state index contributed by atoms with van der Waals surface area (Å²) in [6.45, 7) is 3.96. The largest absolute Gasteiger partial charge is 0.416 e. The van der Waals surface area contributed by atoms with Gasteiger partial charge in [-0.05, 0) is 40.3 Å². The van der Waals surface area contributed by atoms with E-state index in [0.29, 0.717) is 23.1 Å². The van der Waals surface area contributed by atoms with Crippen molar-refractivity contribution < 1.29 is 18.0 Å². The number of alkyl halides is 3. The lowest BCUT2D eigenvalue weighted by Gasteiger charge is -2.18. The van der Waals surface area contributed by atoms with Gasteiger partial charge in [0.1, 0.15) is 0 Å². The highest BCUT2D eigenvalue weighted by molar-refractivity contribution is 6.02. The van der Waals surface area contributed by atoms with E-state index < -0.39 is 11.7 Å². The first-order chi connectivity index (χ1) is 10.2. The molecule has 3 rings (SSSR count). The van der Waals surface area contributed by atoms with Gasteiger partial charge in [0, 0.05) is 12.0 Å². The maximum absolute atomic E-state index is 12.8. The molecule has 2 aromatic rings. The second-order valence-electron chi connectivity index (χ2n) is 6.32. The molecule has 0 aliphatic heterocycles. The van der Waals surface area contributed by atoms with Gasteiger partial charge in [0.25, 0.3) is 0 Å². The predicted octanol–water partition coefficient (Wildman–Crippen LogP) is 5.24. The smallest absolute Gasteiger partial charge is 0.294 e. The zero-order valence-corrected chi connectivity index (χ0v) is 12.3. The molecule has 1 nitrogen and oxygen atoms in total. The minimum Gasteiger partial charge on any atom is -0.294 e. The summed E-state index contributed by atoms with van der Waals surface area (Å²) in [4.78, 5) is 12.0. The van der Waals surface area contributed by atoms with E-state index in [2.05, 4.69) is 0 Å². The van der Waals surface area contributed by atoms with Crippen LogP contribution in [0.4, 0.5) is 13.2 Å². The third kappa shape index (κ3) is 2.43.